The van der Waals surface area contributed by atoms with Crippen molar-refractivity contribution in [1.29, 1.82) is 0 Å². The predicted octanol–water partition coefficient (Wildman–Crippen LogP) is 1.07. The molecule has 1 rings (SSSR count). The number of hydrogen-bond acceptors (Lipinski definition) is 4. The number of nitrogens with zero attached hydrogens (tertiary/aromatic N) is 2. The van der Waals surface area contributed by atoms with E-state index in [1.807, 2.05) is 0 Å². The van der Waals surface area contributed by atoms with Gasteiger partial charge >= 0.3 is 5.97 Å². The van der Waals surface area contributed by atoms with Crippen LogP contribution < -0.4 is 5.59 Å². The third-order valence-electron chi connectivity index (χ3n) is 2.29. The van der Waals surface area contributed by atoms with Gasteiger partial charge in [-0.1, -0.05) is 0 Å². The Hall–Kier alpha value is -1.79. The lowest BCUT2D eigenvalue weighted by atomic mass is 10.4. The van der Waals surface area contributed by atoms with Crippen molar-refractivity contribution < 1.29 is 19.3 Å². The highest BCUT2D eigenvalue weighted by molar-refractivity contribution is 5.71. The fourth-order valence-electron chi connectivity index (χ4n) is 1.52. The van der Waals surface area contributed by atoms with Gasteiger partial charge in [-0.3, -0.25) is 4.79 Å². The van der Waals surface area contributed by atoms with Crippen LogP contribution in [-0.4, -0.2) is 35.1 Å². The molecule has 7 nitrogen and oxygen atoms in total. The summed E-state index contributed by atoms with van der Waals surface area (Å²) in [5.74, 6) is -0.330. The van der Waals surface area contributed by atoms with E-state index in [0.29, 0.717) is 4.98 Å². The molecule has 102 valence electrons. The van der Waals surface area contributed by atoms with Crippen LogP contribution in [0, 0.1) is 4.91 Å². The molecule has 1 fully saturated rings. The number of carbonyl (C=O) groups excluding carboxylic acids is 1. The highest BCUT2D eigenvalue weighted by Crippen LogP contribution is 2.05. The second kappa shape index (κ2) is 7.52. The van der Waals surface area contributed by atoms with Gasteiger partial charge in [0.15, 0.2) is 0 Å². The van der Waals surface area contributed by atoms with Gasteiger partial charge in [-0.15, -0.1) is 5.01 Å². The SMILES string of the molecule is CC(C)OC(=O)C/C=C/ON[N+](=O)N1CCCC1. The first-order chi connectivity index (χ1) is 8.59. The summed E-state index contributed by atoms with van der Waals surface area (Å²) in [5.41, 5.74) is 2.20. The van der Waals surface area contributed by atoms with Crippen molar-refractivity contribution >= 4 is 5.97 Å². The van der Waals surface area contributed by atoms with Crippen LogP contribution in [0.25, 0.3) is 0 Å². The van der Waals surface area contributed by atoms with Crippen molar-refractivity contribution in [3.63, 3.8) is 0 Å². The summed E-state index contributed by atoms with van der Waals surface area (Å²) in [6.45, 7) is 5.02. The molecule has 0 bridgehead atoms. The van der Waals surface area contributed by atoms with Crippen LogP contribution in [0.2, 0.25) is 0 Å². The first-order valence-electron chi connectivity index (χ1n) is 6.07. The molecule has 0 saturated carbocycles. The maximum Gasteiger partial charge on any atom is 0.310 e. The van der Waals surface area contributed by atoms with Gasteiger partial charge in [0.25, 0.3) is 4.98 Å². The molecule has 1 heterocycles. The fourth-order valence-corrected chi connectivity index (χ4v) is 1.52. The van der Waals surface area contributed by atoms with E-state index in [1.165, 1.54) is 12.3 Å². The zero-order chi connectivity index (χ0) is 13.4. The van der Waals surface area contributed by atoms with Crippen LogP contribution in [-0.2, 0) is 14.4 Å². The van der Waals surface area contributed by atoms with Gasteiger partial charge in [0.05, 0.1) is 36.1 Å². The summed E-state index contributed by atoms with van der Waals surface area (Å²) in [6, 6.07) is 0. The Morgan fingerprint density at radius 1 is 1.44 bits per heavy atom. The van der Waals surface area contributed by atoms with E-state index < -0.39 is 0 Å². The molecule has 0 aromatic rings. The van der Waals surface area contributed by atoms with Crippen molar-refractivity contribution in [3.8, 4) is 0 Å². The normalized spacial score (nSPS) is 15.2. The number of hydrogen-bond donors (Lipinski definition) is 1. The molecule has 0 aliphatic carbocycles. The molecule has 1 aliphatic rings. The average Bonchev–Trinajstić information content (AvgIpc) is 2.80. The van der Waals surface area contributed by atoms with Gasteiger partial charge < -0.3 is 9.57 Å². The molecule has 0 spiro atoms. The molecular formula is C11H20N3O4+. The Morgan fingerprint density at radius 2 is 2.11 bits per heavy atom. The quantitative estimate of drug-likeness (QED) is 0.319. The number of nitroso groups, excluding NO2 is 1. The number of hydrazine groups is 2. The van der Waals surface area contributed by atoms with E-state index in [-0.39, 0.29) is 18.5 Å². The Morgan fingerprint density at radius 3 is 2.72 bits per heavy atom. The second-order valence-electron chi connectivity index (χ2n) is 4.26. The van der Waals surface area contributed by atoms with Crippen LogP contribution in [0.4, 0.5) is 0 Å². The van der Waals surface area contributed by atoms with Gasteiger partial charge in [-0.05, 0) is 32.8 Å². The summed E-state index contributed by atoms with van der Waals surface area (Å²) in [6.07, 6.45) is 4.74. The lowest BCUT2D eigenvalue weighted by Crippen LogP contribution is -2.39. The van der Waals surface area contributed by atoms with Gasteiger partial charge in [0.2, 0.25) is 0 Å². The molecule has 1 N–H and O–H groups in total. The molecule has 7 heteroatoms. The van der Waals surface area contributed by atoms with E-state index in [4.69, 9.17) is 9.57 Å². The Labute approximate surface area is 106 Å². The smallest absolute Gasteiger partial charge is 0.310 e. The fraction of sp³-hybridized carbons (Fsp3) is 0.727. The standard InChI is InChI=1S/C11H20N3O4/c1-10(2)18-11(15)6-5-9-17-12-14(16)13-7-3-4-8-13/h5,9-10H,3-4,6-8H2,1-2H3,(H,12,16)/q+1/b9-5+. The number of esters is 1. The van der Waals surface area contributed by atoms with E-state index in [2.05, 4.69) is 5.59 Å². The molecule has 0 atom stereocenters. The maximum absolute atomic E-state index is 11.4. The topological polar surface area (TPSA) is 70.9 Å². The van der Waals surface area contributed by atoms with Crippen LogP contribution in [0.15, 0.2) is 12.3 Å². The molecule has 0 amide bonds. The van der Waals surface area contributed by atoms with E-state index >= 15 is 0 Å². The Bertz CT molecular complexity index is 311. The zero-order valence-corrected chi connectivity index (χ0v) is 10.8. The third kappa shape index (κ3) is 5.51. The summed E-state index contributed by atoms with van der Waals surface area (Å²) >= 11 is 0. The molecule has 0 radical (unpaired) electrons. The summed E-state index contributed by atoms with van der Waals surface area (Å²) in [5, 5.41) is 1.60. The van der Waals surface area contributed by atoms with Crippen LogP contribution in [0.1, 0.15) is 33.1 Å². The molecular weight excluding hydrogens is 238 g/mol. The van der Waals surface area contributed by atoms with E-state index in [1.54, 1.807) is 18.9 Å². The predicted molar refractivity (Wildman–Crippen MR) is 63.6 cm³/mol. The molecule has 1 aliphatic heterocycles. The third-order valence-corrected chi connectivity index (χ3v) is 2.29. The minimum atomic E-state index is -0.330. The molecule has 0 unspecified atom stereocenters. The number of ether oxygens (including phenoxy) is 1. The van der Waals surface area contributed by atoms with Gasteiger partial charge in [-0.25, -0.2) is 0 Å². The van der Waals surface area contributed by atoms with Gasteiger partial charge in [0, 0.05) is 0 Å². The van der Waals surface area contributed by atoms with Crippen LogP contribution in [0.5, 0.6) is 0 Å². The van der Waals surface area contributed by atoms with Crippen molar-refractivity contribution in [2.75, 3.05) is 13.1 Å². The number of carbonyl (C=O) groups is 1. The second-order valence-corrected chi connectivity index (χ2v) is 4.26. The highest BCUT2D eigenvalue weighted by Gasteiger charge is 2.24. The Kier molecular flexibility index (Phi) is 5.96. The monoisotopic (exact) mass is 258 g/mol. The largest absolute Gasteiger partial charge is 0.463 e. The number of nitrogens with one attached hydrogen (secondary N) is 1. The highest BCUT2D eigenvalue weighted by atomic mass is 16.7. The van der Waals surface area contributed by atoms with E-state index in [0.717, 1.165) is 25.9 Å². The summed E-state index contributed by atoms with van der Waals surface area (Å²) in [4.78, 5) is 27.9. The van der Waals surface area contributed by atoms with Crippen LogP contribution in [0.3, 0.4) is 0 Å². The maximum atomic E-state index is 11.4. The molecule has 0 aromatic carbocycles. The lowest BCUT2D eigenvalue weighted by Gasteiger charge is -2.05. The average molecular weight is 258 g/mol. The van der Waals surface area contributed by atoms with Gasteiger partial charge in [-0.2, -0.15) is 0 Å². The molecule has 1 saturated heterocycles. The lowest BCUT2D eigenvalue weighted by molar-refractivity contribution is -0.782. The first-order valence-corrected chi connectivity index (χ1v) is 6.07. The summed E-state index contributed by atoms with van der Waals surface area (Å²) < 4.78 is 4.91. The summed E-state index contributed by atoms with van der Waals surface area (Å²) in [7, 11) is 0. The number of rotatable bonds is 7. The van der Waals surface area contributed by atoms with Crippen molar-refractivity contribution in [3.05, 3.63) is 17.2 Å². The van der Waals surface area contributed by atoms with Crippen molar-refractivity contribution in [2.24, 2.45) is 0 Å². The van der Waals surface area contributed by atoms with Gasteiger partial charge in [0.1, 0.15) is 6.26 Å². The van der Waals surface area contributed by atoms with Crippen LogP contribution >= 0.6 is 0 Å². The molecule has 18 heavy (non-hydrogen) atoms. The van der Waals surface area contributed by atoms with E-state index in [9.17, 15) is 9.70 Å². The minimum absolute atomic E-state index is 0.114. The van der Waals surface area contributed by atoms with Crippen molar-refractivity contribution in [1.82, 2.24) is 10.6 Å². The zero-order valence-electron chi connectivity index (χ0n) is 10.8. The minimum Gasteiger partial charge on any atom is -0.463 e. The Balaban J connectivity index is 2.09. The molecule has 0 aromatic heterocycles. The first kappa shape index (κ1) is 14.3. The van der Waals surface area contributed by atoms with Crippen molar-refractivity contribution in [2.45, 2.75) is 39.2 Å².